The average Bonchev–Trinajstić information content (AvgIpc) is 2.03. The maximum atomic E-state index is 11.3. The van der Waals surface area contributed by atoms with Crippen LogP contribution in [0.5, 0.6) is 0 Å². The van der Waals surface area contributed by atoms with E-state index in [1.807, 2.05) is 0 Å². The minimum Gasteiger partial charge on any atom is -0.311 e. The van der Waals surface area contributed by atoms with Crippen molar-refractivity contribution in [2.45, 2.75) is 45.1 Å². The monoisotopic (exact) mass is 334 g/mol. The zero-order valence-corrected chi connectivity index (χ0v) is 11.7. The maximum Gasteiger partial charge on any atom is 0.311 e. The third-order valence-corrected chi connectivity index (χ3v) is 4.17. The Labute approximate surface area is 98.3 Å². The van der Waals surface area contributed by atoms with Crippen molar-refractivity contribution < 1.29 is 9.09 Å². The third-order valence-electron chi connectivity index (χ3n) is 2.65. The van der Waals surface area contributed by atoms with Crippen molar-refractivity contribution in [2.24, 2.45) is 5.92 Å². The van der Waals surface area contributed by atoms with Crippen molar-refractivity contribution in [3.05, 3.63) is 0 Å². The lowest BCUT2D eigenvalue weighted by Gasteiger charge is -2.28. The summed E-state index contributed by atoms with van der Waals surface area (Å²) in [5.41, 5.74) is 0. The van der Waals surface area contributed by atoms with Gasteiger partial charge in [-0.3, -0.25) is 4.57 Å². The summed E-state index contributed by atoms with van der Waals surface area (Å²) < 4.78 is 14.0. The van der Waals surface area contributed by atoms with Gasteiger partial charge in [-0.15, -0.1) is 0 Å². The van der Waals surface area contributed by atoms with Crippen LogP contribution in [-0.4, -0.2) is 6.10 Å². The standard InChI is InChI=1S/C8H16IO2PS/c1-2-7-3-5-8(6-4-7)11-12(9,10)13/h7-8H,2-6H2,1H3,(H,10,13). The van der Waals surface area contributed by atoms with E-state index in [1.165, 1.54) is 19.3 Å². The second-order valence-corrected chi connectivity index (χ2v) is 12.4. The summed E-state index contributed by atoms with van der Waals surface area (Å²) in [4.78, 5) is 0. The summed E-state index contributed by atoms with van der Waals surface area (Å²) in [6, 6.07) is 0. The minimum atomic E-state index is -2.60. The van der Waals surface area contributed by atoms with Crippen molar-refractivity contribution in [1.82, 2.24) is 0 Å². The molecule has 0 bridgehead atoms. The Morgan fingerprint density at radius 1 is 1.46 bits per heavy atom. The van der Waals surface area contributed by atoms with Gasteiger partial charge in [-0.05, 0) is 31.6 Å². The largest absolute Gasteiger partial charge is 0.311 e. The normalized spacial score (nSPS) is 34.1. The zero-order valence-electron chi connectivity index (χ0n) is 7.78. The Kier molecular flexibility index (Phi) is 5.11. The van der Waals surface area contributed by atoms with Crippen LogP contribution in [-0.2, 0) is 9.09 Å². The maximum absolute atomic E-state index is 11.3. The molecule has 0 amide bonds. The van der Waals surface area contributed by atoms with Gasteiger partial charge in [0.05, 0.1) is 6.10 Å². The SMILES string of the molecule is CCC1CCC(OP(=O)(S)I)CC1. The summed E-state index contributed by atoms with van der Waals surface area (Å²) >= 11 is 5.72. The van der Waals surface area contributed by atoms with Crippen LogP contribution < -0.4 is 0 Å². The van der Waals surface area contributed by atoms with Crippen molar-refractivity contribution in [3.8, 4) is 0 Å². The molecule has 13 heavy (non-hydrogen) atoms. The number of thiol groups is 1. The second-order valence-electron chi connectivity index (χ2n) is 3.61. The molecular formula is C8H16IO2PS. The molecule has 0 aromatic heterocycles. The van der Waals surface area contributed by atoms with E-state index in [0.717, 1.165) is 18.8 Å². The van der Waals surface area contributed by atoms with Gasteiger partial charge in [-0.1, -0.05) is 25.6 Å². The van der Waals surface area contributed by atoms with Gasteiger partial charge in [-0.2, -0.15) is 0 Å². The molecule has 0 aliphatic heterocycles. The third kappa shape index (κ3) is 5.05. The molecule has 1 rings (SSSR count). The van der Waals surface area contributed by atoms with Crippen molar-refractivity contribution >= 4 is 38.5 Å². The van der Waals surface area contributed by atoms with Crippen molar-refractivity contribution in [1.29, 1.82) is 0 Å². The van der Waals surface area contributed by atoms with Crippen LogP contribution in [0.15, 0.2) is 0 Å². The first-order valence-corrected chi connectivity index (χ1v) is 10.3. The van der Waals surface area contributed by atoms with Crippen LogP contribution in [0.4, 0.5) is 0 Å². The predicted octanol–water partition coefficient (Wildman–Crippen LogP) is 4.44. The van der Waals surface area contributed by atoms with Gasteiger partial charge in [0, 0.05) is 22.0 Å². The molecular weight excluding hydrogens is 318 g/mol. The lowest BCUT2D eigenvalue weighted by molar-refractivity contribution is 0.142. The first kappa shape index (κ1) is 12.3. The molecule has 1 unspecified atom stereocenters. The van der Waals surface area contributed by atoms with E-state index in [1.54, 1.807) is 22.0 Å². The van der Waals surface area contributed by atoms with Gasteiger partial charge in [0.1, 0.15) is 0 Å². The highest BCUT2D eigenvalue weighted by atomic mass is 127. The number of halogens is 1. The summed E-state index contributed by atoms with van der Waals surface area (Å²) in [5.74, 6) is 0.855. The molecule has 0 heterocycles. The molecule has 0 radical (unpaired) electrons. The molecule has 1 saturated carbocycles. The molecule has 0 aromatic rings. The fourth-order valence-electron chi connectivity index (χ4n) is 1.83. The molecule has 0 saturated heterocycles. The van der Waals surface area contributed by atoms with E-state index in [4.69, 9.17) is 4.52 Å². The Morgan fingerprint density at radius 2 is 2.00 bits per heavy atom. The lowest BCUT2D eigenvalue weighted by atomic mass is 9.86. The molecule has 1 aliphatic carbocycles. The molecule has 5 heteroatoms. The Balaban J connectivity index is 2.29. The lowest BCUT2D eigenvalue weighted by Crippen LogP contribution is -2.19. The van der Waals surface area contributed by atoms with Crippen LogP contribution in [0.1, 0.15) is 39.0 Å². The molecule has 78 valence electrons. The summed E-state index contributed by atoms with van der Waals surface area (Å²) in [7, 11) is 0. The number of hydrogen-bond donors (Lipinski definition) is 1. The van der Waals surface area contributed by atoms with Gasteiger partial charge in [0.25, 0.3) is 0 Å². The fraction of sp³-hybridized carbons (Fsp3) is 1.00. The molecule has 0 aromatic carbocycles. The Hall–Kier alpha value is 1.27. The quantitative estimate of drug-likeness (QED) is 0.469. The predicted molar refractivity (Wildman–Crippen MR) is 67.7 cm³/mol. The fourth-order valence-corrected chi connectivity index (χ4v) is 3.77. The highest BCUT2D eigenvalue weighted by Gasteiger charge is 2.25. The van der Waals surface area contributed by atoms with Crippen LogP contribution in [0, 0.1) is 5.92 Å². The van der Waals surface area contributed by atoms with Crippen LogP contribution >= 0.6 is 38.5 Å². The Bertz CT molecular complexity index is 198. The van der Waals surface area contributed by atoms with Gasteiger partial charge < -0.3 is 4.52 Å². The van der Waals surface area contributed by atoms with Crippen molar-refractivity contribution in [3.63, 3.8) is 0 Å². The van der Waals surface area contributed by atoms with Gasteiger partial charge in [0.2, 0.25) is 0 Å². The van der Waals surface area contributed by atoms with Gasteiger partial charge in [-0.25, -0.2) is 0 Å². The minimum absolute atomic E-state index is 0.183. The molecule has 0 spiro atoms. The highest BCUT2D eigenvalue weighted by Crippen LogP contribution is 2.61. The summed E-state index contributed by atoms with van der Waals surface area (Å²) in [6.45, 7) is 2.23. The Morgan fingerprint density at radius 3 is 2.38 bits per heavy atom. The summed E-state index contributed by atoms with van der Waals surface area (Å²) in [5, 5.41) is 0. The van der Waals surface area contributed by atoms with E-state index in [0.29, 0.717) is 0 Å². The topological polar surface area (TPSA) is 26.3 Å². The molecule has 1 atom stereocenters. The molecule has 0 N–H and O–H groups in total. The second kappa shape index (κ2) is 5.38. The first-order valence-electron chi connectivity index (χ1n) is 4.72. The summed E-state index contributed by atoms with van der Waals surface area (Å²) in [6.07, 6.45) is 5.97. The van der Waals surface area contributed by atoms with E-state index < -0.39 is 4.21 Å². The molecule has 2 nitrogen and oxygen atoms in total. The van der Waals surface area contributed by atoms with Crippen LogP contribution in [0.3, 0.4) is 0 Å². The molecule has 1 fully saturated rings. The zero-order chi connectivity index (χ0) is 9.90. The van der Waals surface area contributed by atoms with E-state index in [-0.39, 0.29) is 6.10 Å². The van der Waals surface area contributed by atoms with Gasteiger partial charge in [0.15, 0.2) is 0 Å². The highest BCUT2D eigenvalue weighted by molar-refractivity contribution is 14.2. The number of hydrogen-bond acceptors (Lipinski definition) is 2. The average molecular weight is 334 g/mol. The first-order chi connectivity index (χ1) is 6.01. The van der Waals surface area contributed by atoms with Crippen LogP contribution in [0.25, 0.3) is 0 Å². The van der Waals surface area contributed by atoms with Gasteiger partial charge >= 0.3 is 4.21 Å². The van der Waals surface area contributed by atoms with E-state index >= 15 is 0 Å². The number of rotatable bonds is 3. The van der Waals surface area contributed by atoms with Crippen molar-refractivity contribution in [2.75, 3.05) is 0 Å². The molecule has 1 aliphatic rings. The smallest absolute Gasteiger partial charge is 0.311 e. The van der Waals surface area contributed by atoms with Crippen LogP contribution in [0.2, 0.25) is 0 Å². The van der Waals surface area contributed by atoms with E-state index in [2.05, 4.69) is 19.2 Å². The van der Waals surface area contributed by atoms with E-state index in [9.17, 15) is 4.57 Å².